The highest BCUT2D eigenvalue weighted by atomic mass is 16.5. The third kappa shape index (κ3) is 4.68. The zero-order chi connectivity index (χ0) is 15.5. The molecule has 0 radical (unpaired) electrons. The fraction of sp³-hybridized carbons (Fsp3) is 0.941. The summed E-state index contributed by atoms with van der Waals surface area (Å²) in [5.41, 5.74) is -0.421. The number of aliphatic hydroxyl groups is 1. The van der Waals surface area contributed by atoms with E-state index in [-0.39, 0.29) is 11.8 Å². The molecule has 0 aromatic rings. The van der Waals surface area contributed by atoms with Gasteiger partial charge in [0.15, 0.2) is 0 Å². The Kier molecular flexibility index (Phi) is 5.31. The summed E-state index contributed by atoms with van der Waals surface area (Å²) in [4.78, 5) is 12.3. The highest BCUT2D eigenvalue weighted by Gasteiger charge is 2.34. The van der Waals surface area contributed by atoms with E-state index in [1.807, 2.05) is 0 Å². The topological polar surface area (TPSA) is 58.6 Å². The van der Waals surface area contributed by atoms with Gasteiger partial charge in [0, 0.05) is 38.5 Å². The standard InChI is InChI=1S/C17H31NO3/c1-16(2,3)14-6-4-13(5-7-14)15(19)18-12-17(20)8-10-21-11-9-17/h13-14,20H,4-12H2,1-3H3,(H,18,19). The van der Waals surface area contributed by atoms with Gasteiger partial charge in [0.1, 0.15) is 0 Å². The second-order valence-corrected chi connectivity index (χ2v) is 7.97. The molecule has 0 bridgehead atoms. The van der Waals surface area contributed by atoms with Crippen LogP contribution in [0.3, 0.4) is 0 Å². The number of carbonyl (C=O) groups is 1. The van der Waals surface area contributed by atoms with Crippen LogP contribution in [-0.4, -0.2) is 36.4 Å². The van der Waals surface area contributed by atoms with Crippen molar-refractivity contribution < 1.29 is 14.6 Å². The zero-order valence-electron chi connectivity index (χ0n) is 13.8. The SMILES string of the molecule is CC(C)(C)C1CCC(C(=O)NCC2(O)CCOCC2)CC1. The molecule has 122 valence electrons. The lowest BCUT2D eigenvalue weighted by molar-refractivity contribution is -0.129. The highest BCUT2D eigenvalue weighted by molar-refractivity contribution is 5.78. The lowest BCUT2D eigenvalue weighted by atomic mass is 9.69. The summed E-state index contributed by atoms with van der Waals surface area (Å²) >= 11 is 0. The van der Waals surface area contributed by atoms with E-state index in [0.29, 0.717) is 38.0 Å². The lowest BCUT2D eigenvalue weighted by Crippen LogP contribution is -2.48. The summed E-state index contributed by atoms with van der Waals surface area (Å²) in [6.07, 6.45) is 5.47. The number of hydrogen-bond donors (Lipinski definition) is 2. The van der Waals surface area contributed by atoms with Gasteiger partial charge in [-0.3, -0.25) is 4.79 Å². The van der Waals surface area contributed by atoms with Crippen molar-refractivity contribution in [3.63, 3.8) is 0 Å². The lowest BCUT2D eigenvalue weighted by Gasteiger charge is -2.37. The summed E-state index contributed by atoms with van der Waals surface area (Å²) < 4.78 is 5.26. The summed E-state index contributed by atoms with van der Waals surface area (Å²) in [6, 6.07) is 0. The van der Waals surface area contributed by atoms with Crippen LogP contribution in [0.4, 0.5) is 0 Å². The normalized spacial score (nSPS) is 29.9. The third-order valence-electron chi connectivity index (χ3n) is 5.34. The average Bonchev–Trinajstić information content (AvgIpc) is 2.45. The minimum Gasteiger partial charge on any atom is -0.388 e. The van der Waals surface area contributed by atoms with E-state index in [2.05, 4.69) is 26.1 Å². The first-order valence-corrected chi connectivity index (χ1v) is 8.38. The van der Waals surface area contributed by atoms with Gasteiger partial charge in [-0.25, -0.2) is 0 Å². The Labute approximate surface area is 128 Å². The van der Waals surface area contributed by atoms with E-state index >= 15 is 0 Å². The Balaban J connectivity index is 1.75. The van der Waals surface area contributed by atoms with Crippen LogP contribution in [0.5, 0.6) is 0 Å². The Hall–Kier alpha value is -0.610. The first kappa shape index (κ1) is 16.8. The van der Waals surface area contributed by atoms with E-state index in [1.54, 1.807) is 0 Å². The molecule has 2 N–H and O–H groups in total. The van der Waals surface area contributed by atoms with Crippen LogP contribution in [0.15, 0.2) is 0 Å². The molecular formula is C17H31NO3. The molecule has 1 saturated heterocycles. The first-order chi connectivity index (χ1) is 9.80. The van der Waals surface area contributed by atoms with Crippen LogP contribution in [0, 0.1) is 17.3 Å². The molecule has 1 amide bonds. The molecule has 2 fully saturated rings. The maximum absolute atomic E-state index is 12.3. The molecule has 0 spiro atoms. The van der Waals surface area contributed by atoms with Crippen molar-refractivity contribution in [2.75, 3.05) is 19.8 Å². The fourth-order valence-electron chi connectivity index (χ4n) is 3.55. The quantitative estimate of drug-likeness (QED) is 0.841. The Morgan fingerprint density at radius 3 is 2.29 bits per heavy atom. The molecule has 1 heterocycles. The van der Waals surface area contributed by atoms with Crippen LogP contribution in [0.1, 0.15) is 59.3 Å². The van der Waals surface area contributed by atoms with Crippen LogP contribution in [0.25, 0.3) is 0 Å². The van der Waals surface area contributed by atoms with Crippen molar-refractivity contribution in [1.82, 2.24) is 5.32 Å². The molecule has 1 saturated carbocycles. The van der Waals surface area contributed by atoms with Crippen LogP contribution >= 0.6 is 0 Å². The Morgan fingerprint density at radius 1 is 1.19 bits per heavy atom. The summed E-state index contributed by atoms with van der Waals surface area (Å²) in [6.45, 7) is 8.41. The number of rotatable bonds is 3. The molecule has 0 atom stereocenters. The predicted octanol–water partition coefficient (Wildman–Crippen LogP) is 2.50. The molecule has 0 aromatic heterocycles. The largest absolute Gasteiger partial charge is 0.388 e. The molecule has 2 rings (SSSR count). The van der Waals surface area contributed by atoms with Crippen molar-refractivity contribution >= 4 is 5.91 Å². The van der Waals surface area contributed by atoms with E-state index in [4.69, 9.17) is 4.74 Å². The number of amides is 1. The molecule has 21 heavy (non-hydrogen) atoms. The van der Waals surface area contributed by atoms with E-state index < -0.39 is 5.60 Å². The molecule has 1 aliphatic heterocycles. The van der Waals surface area contributed by atoms with Gasteiger partial charge in [-0.15, -0.1) is 0 Å². The van der Waals surface area contributed by atoms with Gasteiger partial charge < -0.3 is 15.2 Å². The van der Waals surface area contributed by atoms with Gasteiger partial charge >= 0.3 is 0 Å². The second-order valence-electron chi connectivity index (χ2n) is 7.97. The number of carbonyl (C=O) groups excluding carboxylic acids is 1. The number of nitrogens with one attached hydrogen (secondary N) is 1. The van der Waals surface area contributed by atoms with Crippen molar-refractivity contribution in [3.8, 4) is 0 Å². The van der Waals surface area contributed by atoms with Gasteiger partial charge in [0.2, 0.25) is 5.91 Å². The van der Waals surface area contributed by atoms with Crippen LogP contribution in [-0.2, 0) is 9.53 Å². The number of ether oxygens (including phenoxy) is 1. The van der Waals surface area contributed by atoms with Crippen molar-refractivity contribution in [2.45, 2.75) is 64.9 Å². The molecular weight excluding hydrogens is 266 g/mol. The van der Waals surface area contributed by atoms with Crippen molar-refractivity contribution in [1.29, 1.82) is 0 Å². The zero-order valence-corrected chi connectivity index (χ0v) is 13.8. The smallest absolute Gasteiger partial charge is 0.223 e. The Bertz CT molecular complexity index is 348. The minimum atomic E-state index is -0.767. The van der Waals surface area contributed by atoms with E-state index in [1.165, 1.54) is 0 Å². The Morgan fingerprint density at radius 2 is 1.76 bits per heavy atom. The van der Waals surface area contributed by atoms with Crippen molar-refractivity contribution in [2.24, 2.45) is 17.3 Å². The molecule has 4 nitrogen and oxygen atoms in total. The molecule has 0 aromatic carbocycles. The average molecular weight is 297 g/mol. The maximum atomic E-state index is 12.3. The van der Waals surface area contributed by atoms with Gasteiger partial charge in [-0.2, -0.15) is 0 Å². The van der Waals surface area contributed by atoms with Gasteiger partial charge in [-0.05, 0) is 37.0 Å². The maximum Gasteiger partial charge on any atom is 0.223 e. The summed E-state index contributed by atoms with van der Waals surface area (Å²) in [7, 11) is 0. The third-order valence-corrected chi connectivity index (χ3v) is 5.34. The monoisotopic (exact) mass is 297 g/mol. The van der Waals surface area contributed by atoms with Gasteiger partial charge in [-0.1, -0.05) is 20.8 Å². The van der Waals surface area contributed by atoms with Gasteiger partial charge in [0.25, 0.3) is 0 Å². The minimum absolute atomic E-state index is 0.127. The fourth-order valence-corrected chi connectivity index (χ4v) is 3.55. The molecule has 4 heteroatoms. The van der Waals surface area contributed by atoms with E-state index in [9.17, 15) is 9.90 Å². The first-order valence-electron chi connectivity index (χ1n) is 8.38. The van der Waals surface area contributed by atoms with Gasteiger partial charge in [0.05, 0.1) is 5.60 Å². The molecule has 1 aliphatic carbocycles. The van der Waals surface area contributed by atoms with E-state index in [0.717, 1.165) is 31.6 Å². The van der Waals surface area contributed by atoms with Crippen LogP contribution in [0.2, 0.25) is 0 Å². The predicted molar refractivity (Wildman–Crippen MR) is 82.9 cm³/mol. The molecule has 2 aliphatic rings. The highest BCUT2D eigenvalue weighted by Crippen LogP contribution is 2.39. The summed E-state index contributed by atoms with van der Waals surface area (Å²) in [5, 5.41) is 13.3. The van der Waals surface area contributed by atoms with Crippen LogP contribution < -0.4 is 5.32 Å². The van der Waals surface area contributed by atoms with Crippen molar-refractivity contribution in [3.05, 3.63) is 0 Å². The summed E-state index contributed by atoms with van der Waals surface area (Å²) in [5.74, 6) is 0.982. The number of hydrogen-bond acceptors (Lipinski definition) is 3. The second kappa shape index (κ2) is 6.66. The molecule has 0 unspecified atom stereocenters.